The van der Waals surface area contributed by atoms with E-state index in [0.717, 1.165) is 25.1 Å². The van der Waals surface area contributed by atoms with Gasteiger partial charge >= 0.3 is 6.18 Å². The Morgan fingerprint density at radius 1 is 1.27 bits per heavy atom. The molecular weight excluding hydrogens is 359 g/mol. The Morgan fingerprint density at radius 2 is 1.92 bits per heavy atom. The van der Waals surface area contributed by atoms with Crippen molar-refractivity contribution < 1.29 is 38.4 Å². The molecule has 4 atom stereocenters. The highest BCUT2D eigenvalue weighted by Gasteiger charge is 2.35. The summed E-state index contributed by atoms with van der Waals surface area (Å²) in [5.74, 6) is -0.734. The molecule has 0 unspecified atom stereocenters. The van der Waals surface area contributed by atoms with Crippen molar-refractivity contribution in [3.05, 3.63) is 29.6 Å². The Kier molecular flexibility index (Phi) is 5.86. The molecule has 1 aromatic carbocycles. The zero-order chi connectivity index (χ0) is 19.6. The molecule has 144 valence electrons. The van der Waals surface area contributed by atoms with Crippen molar-refractivity contribution in [2.75, 3.05) is 6.61 Å². The number of imidazole rings is 1. The second kappa shape index (κ2) is 7.58. The summed E-state index contributed by atoms with van der Waals surface area (Å²) in [6.45, 7) is 0.277. The molecular formula is C15H18F3N3O5. The topological polar surface area (TPSA) is 139 Å². The summed E-state index contributed by atoms with van der Waals surface area (Å²) in [7, 11) is 0. The monoisotopic (exact) mass is 377 g/mol. The quantitative estimate of drug-likeness (QED) is 0.413. The summed E-state index contributed by atoms with van der Waals surface area (Å²) in [6.07, 6.45) is -9.88. The van der Waals surface area contributed by atoms with Crippen LogP contribution in [0.1, 0.15) is 24.4 Å². The maximum atomic E-state index is 12.8. The molecule has 0 spiro atoms. The number of alkyl halides is 3. The smallest absolute Gasteiger partial charge is 0.394 e. The second-order valence-corrected chi connectivity index (χ2v) is 5.76. The van der Waals surface area contributed by atoms with Gasteiger partial charge in [-0.05, 0) is 18.2 Å². The van der Waals surface area contributed by atoms with E-state index in [2.05, 4.69) is 15.3 Å². The largest absolute Gasteiger partial charge is 0.416 e. The van der Waals surface area contributed by atoms with E-state index in [1.54, 1.807) is 0 Å². The highest BCUT2D eigenvalue weighted by Crippen LogP contribution is 2.31. The average Bonchev–Trinajstić information content (AvgIpc) is 2.99. The molecule has 0 aliphatic rings. The number of halogens is 3. The first-order chi connectivity index (χ1) is 12.0. The van der Waals surface area contributed by atoms with Crippen LogP contribution < -0.4 is 5.32 Å². The lowest BCUT2D eigenvalue weighted by molar-refractivity contribution is -0.137. The third-order valence-electron chi connectivity index (χ3n) is 3.75. The van der Waals surface area contributed by atoms with Crippen LogP contribution in [0.15, 0.2) is 18.2 Å². The number of aliphatic hydroxyl groups excluding tert-OH is 4. The molecule has 0 saturated heterocycles. The fraction of sp³-hybridized carbons (Fsp3) is 0.467. The standard InChI is InChI=1S/C15H18F3N3O5/c1-6(23)19-11(13(26)12(25)10(24)5-22)14-20-8-3-2-7(15(16,17)18)4-9(8)21-14/h2-4,10-13,22,24-26H,5H2,1H3,(H,19,23)(H,20,21)/t10-,11-,12-,13-/m1/s1. The lowest BCUT2D eigenvalue weighted by Crippen LogP contribution is -2.47. The van der Waals surface area contributed by atoms with Crippen molar-refractivity contribution in [1.29, 1.82) is 0 Å². The maximum Gasteiger partial charge on any atom is 0.416 e. The number of nitrogens with one attached hydrogen (secondary N) is 2. The number of hydrogen-bond acceptors (Lipinski definition) is 6. The number of carbonyl (C=O) groups is 1. The Labute approximate surface area is 145 Å². The summed E-state index contributed by atoms with van der Waals surface area (Å²) >= 11 is 0. The van der Waals surface area contributed by atoms with Crippen LogP contribution in [0.2, 0.25) is 0 Å². The van der Waals surface area contributed by atoms with Gasteiger partial charge in [-0.15, -0.1) is 0 Å². The van der Waals surface area contributed by atoms with Gasteiger partial charge in [0, 0.05) is 6.92 Å². The molecule has 1 heterocycles. The minimum atomic E-state index is -4.56. The molecule has 0 aliphatic carbocycles. The SMILES string of the molecule is CC(=O)N[C@@H](c1nc2cc(C(F)(F)F)ccc2[nH]1)[C@@H](O)[C@H](O)[C@H](O)CO. The van der Waals surface area contributed by atoms with Gasteiger partial charge in [-0.3, -0.25) is 4.79 Å². The normalized spacial score (nSPS) is 16.9. The van der Waals surface area contributed by atoms with Gasteiger partial charge in [0.1, 0.15) is 30.2 Å². The van der Waals surface area contributed by atoms with E-state index in [-0.39, 0.29) is 16.9 Å². The van der Waals surface area contributed by atoms with E-state index in [0.29, 0.717) is 0 Å². The van der Waals surface area contributed by atoms with Gasteiger partial charge in [-0.25, -0.2) is 4.98 Å². The van der Waals surface area contributed by atoms with E-state index >= 15 is 0 Å². The molecule has 0 radical (unpaired) electrons. The first kappa shape index (κ1) is 20.1. The third-order valence-corrected chi connectivity index (χ3v) is 3.75. The number of benzene rings is 1. The fourth-order valence-electron chi connectivity index (χ4n) is 2.42. The lowest BCUT2D eigenvalue weighted by Gasteiger charge is -2.28. The third kappa shape index (κ3) is 4.30. The number of H-pyrrole nitrogens is 1. The number of nitrogens with zero attached hydrogens (tertiary/aromatic N) is 1. The molecule has 0 saturated carbocycles. The van der Waals surface area contributed by atoms with E-state index in [9.17, 15) is 33.3 Å². The summed E-state index contributed by atoms with van der Waals surface area (Å²) in [5.41, 5.74) is -0.766. The molecule has 6 N–H and O–H groups in total. The number of fused-ring (bicyclic) bond motifs is 1. The molecule has 1 aromatic heterocycles. The van der Waals surface area contributed by atoms with Gasteiger partial charge in [0.15, 0.2) is 0 Å². The summed E-state index contributed by atoms with van der Waals surface area (Å²) in [5, 5.41) is 40.7. The van der Waals surface area contributed by atoms with Crippen molar-refractivity contribution in [1.82, 2.24) is 15.3 Å². The number of rotatable bonds is 6. The maximum absolute atomic E-state index is 12.8. The zero-order valence-electron chi connectivity index (χ0n) is 13.5. The predicted octanol–water partition coefficient (Wildman–Crippen LogP) is -0.166. The van der Waals surface area contributed by atoms with Crippen molar-refractivity contribution in [2.45, 2.75) is 37.5 Å². The van der Waals surface area contributed by atoms with Crippen LogP contribution in [0.4, 0.5) is 13.2 Å². The first-order valence-corrected chi connectivity index (χ1v) is 7.53. The van der Waals surface area contributed by atoms with E-state index in [1.165, 1.54) is 0 Å². The van der Waals surface area contributed by atoms with Crippen LogP contribution in [0, 0.1) is 0 Å². The van der Waals surface area contributed by atoms with Crippen LogP contribution in [-0.2, 0) is 11.0 Å². The number of aliphatic hydroxyl groups is 4. The zero-order valence-corrected chi connectivity index (χ0v) is 13.5. The van der Waals surface area contributed by atoms with Gasteiger partial charge in [0.25, 0.3) is 0 Å². The molecule has 2 aromatic rings. The van der Waals surface area contributed by atoms with E-state index in [4.69, 9.17) is 5.11 Å². The molecule has 1 amide bonds. The molecule has 0 bridgehead atoms. The number of aromatic amines is 1. The van der Waals surface area contributed by atoms with Crippen molar-refractivity contribution in [3.8, 4) is 0 Å². The number of carbonyl (C=O) groups excluding carboxylic acids is 1. The fourth-order valence-corrected chi connectivity index (χ4v) is 2.42. The van der Waals surface area contributed by atoms with Crippen LogP contribution in [0.3, 0.4) is 0 Å². The molecule has 8 nitrogen and oxygen atoms in total. The van der Waals surface area contributed by atoms with E-state index in [1.807, 2.05) is 0 Å². The van der Waals surface area contributed by atoms with Gasteiger partial charge < -0.3 is 30.7 Å². The van der Waals surface area contributed by atoms with E-state index < -0.39 is 48.6 Å². The minimum Gasteiger partial charge on any atom is -0.394 e. The number of amides is 1. The molecule has 2 rings (SSSR count). The second-order valence-electron chi connectivity index (χ2n) is 5.76. The van der Waals surface area contributed by atoms with Crippen LogP contribution in [0.25, 0.3) is 11.0 Å². The Balaban J connectivity index is 2.43. The molecule has 0 aliphatic heterocycles. The average molecular weight is 377 g/mol. The Bertz CT molecular complexity index is 779. The van der Waals surface area contributed by atoms with Crippen LogP contribution in [-0.4, -0.2) is 61.2 Å². The lowest BCUT2D eigenvalue weighted by atomic mass is 10.0. The van der Waals surface area contributed by atoms with Crippen LogP contribution >= 0.6 is 0 Å². The highest BCUT2D eigenvalue weighted by atomic mass is 19.4. The Morgan fingerprint density at radius 3 is 2.46 bits per heavy atom. The van der Waals surface area contributed by atoms with Gasteiger partial charge in [0.05, 0.1) is 23.2 Å². The minimum absolute atomic E-state index is 0.0606. The summed E-state index contributed by atoms with van der Waals surface area (Å²) < 4.78 is 38.4. The van der Waals surface area contributed by atoms with Crippen molar-refractivity contribution >= 4 is 16.9 Å². The number of hydrogen-bond donors (Lipinski definition) is 6. The number of aromatic nitrogens is 2. The van der Waals surface area contributed by atoms with Crippen molar-refractivity contribution in [3.63, 3.8) is 0 Å². The molecule has 0 fully saturated rings. The van der Waals surface area contributed by atoms with Gasteiger partial charge in [-0.2, -0.15) is 13.2 Å². The molecule has 11 heteroatoms. The summed E-state index contributed by atoms with van der Waals surface area (Å²) in [4.78, 5) is 18.0. The van der Waals surface area contributed by atoms with Gasteiger partial charge in [0.2, 0.25) is 5.91 Å². The van der Waals surface area contributed by atoms with Crippen molar-refractivity contribution in [2.24, 2.45) is 0 Å². The Hall–Kier alpha value is -2.21. The predicted molar refractivity (Wildman–Crippen MR) is 82.8 cm³/mol. The van der Waals surface area contributed by atoms with Crippen LogP contribution in [0.5, 0.6) is 0 Å². The summed E-state index contributed by atoms with van der Waals surface area (Å²) in [6, 6.07) is 1.43. The molecule has 26 heavy (non-hydrogen) atoms. The van der Waals surface area contributed by atoms with Gasteiger partial charge in [-0.1, -0.05) is 0 Å². The highest BCUT2D eigenvalue weighted by molar-refractivity contribution is 5.77. The first-order valence-electron chi connectivity index (χ1n) is 7.53.